The second-order valence-electron chi connectivity index (χ2n) is 5.52. The summed E-state index contributed by atoms with van der Waals surface area (Å²) < 4.78 is 5.58. The average molecular weight is 261 g/mol. The first-order valence-electron chi connectivity index (χ1n) is 7.16. The van der Waals surface area contributed by atoms with Crippen molar-refractivity contribution in [1.82, 2.24) is 0 Å². The van der Waals surface area contributed by atoms with Gasteiger partial charge in [0.25, 0.3) is 0 Å². The largest absolute Gasteiger partial charge is 0.378 e. The number of hydrogen-bond acceptors (Lipinski definition) is 2. The van der Waals surface area contributed by atoms with Crippen molar-refractivity contribution in [3.63, 3.8) is 0 Å². The number of nitrogens with one attached hydrogen (secondary N) is 1. The van der Waals surface area contributed by atoms with Crippen molar-refractivity contribution in [2.24, 2.45) is 0 Å². The van der Waals surface area contributed by atoms with Crippen LogP contribution in [0.5, 0.6) is 0 Å². The minimum Gasteiger partial charge on any atom is -0.378 e. The fourth-order valence-electron chi connectivity index (χ4n) is 2.34. The highest BCUT2D eigenvalue weighted by Crippen LogP contribution is 2.19. The molecule has 1 aromatic rings. The molecule has 3 heteroatoms. The maximum atomic E-state index is 11.9. The number of benzene rings is 1. The number of carbonyl (C=O) groups excluding carboxylic acids is 1. The van der Waals surface area contributed by atoms with Gasteiger partial charge in [-0.25, -0.2) is 0 Å². The Morgan fingerprint density at radius 3 is 2.63 bits per heavy atom. The van der Waals surface area contributed by atoms with Gasteiger partial charge in [0.2, 0.25) is 5.91 Å². The van der Waals surface area contributed by atoms with Gasteiger partial charge in [0, 0.05) is 12.3 Å². The number of rotatable bonds is 4. The maximum Gasteiger partial charge on any atom is 0.226 e. The lowest BCUT2D eigenvalue weighted by Gasteiger charge is -2.21. The van der Waals surface area contributed by atoms with E-state index in [1.165, 1.54) is 12.0 Å². The van der Waals surface area contributed by atoms with Crippen LogP contribution in [0.25, 0.3) is 0 Å². The fourth-order valence-corrected chi connectivity index (χ4v) is 2.34. The highest BCUT2D eigenvalue weighted by molar-refractivity contribution is 5.91. The van der Waals surface area contributed by atoms with Crippen LogP contribution >= 0.6 is 0 Å². The average Bonchev–Trinajstić information content (AvgIpc) is 2.40. The van der Waals surface area contributed by atoms with E-state index in [-0.39, 0.29) is 12.0 Å². The molecule has 1 saturated heterocycles. The summed E-state index contributed by atoms with van der Waals surface area (Å²) in [4.78, 5) is 11.9. The third kappa shape index (κ3) is 4.35. The van der Waals surface area contributed by atoms with Gasteiger partial charge in [-0.2, -0.15) is 0 Å². The van der Waals surface area contributed by atoms with Crippen LogP contribution in [0.15, 0.2) is 24.3 Å². The van der Waals surface area contributed by atoms with E-state index < -0.39 is 0 Å². The summed E-state index contributed by atoms with van der Waals surface area (Å²) in [5.74, 6) is 0.560. The summed E-state index contributed by atoms with van der Waals surface area (Å²) in [5, 5.41) is 2.94. The zero-order valence-electron chi connectivity index (χ0n) is 11.8. The molecule has 1 unspecified atom stereocenters. The van der Waals surface area contributed by atoms with E-state index in [0.29, 0.717) is 12.3 Å². The third-order valence-corrected chi connectivity index (χ3v) is 3.55. The molecular formula is C16H23NO2. The fraction of sp³-hybridized carbons (Fsp3) is 0.562. The highest BCUT2D eigenvalue weighted by Gasteiger charge is 2.17. The van der Waals surface area contributed by atoms with Crippen molar-refractivity contribution < 1.29 is 9.53 Å². The Kier molecular flexibility index (Phi) is 4.97. The van der Waals surface area contributed by atoms with E-state index in [1.807, 2.05) is 12.1 Å². The standard InChI is InChI=1S/C16H23NO2/c1-12(2)13-6-8-14(9-7-13)17-16(18)11-15-5-3-4-10-19-15/h6-9,12,15H,3-5,10-11H2,1-2H3,(H,17,18). The van der Waals surface area contributed by atoms with Crippen molar-refractivity contribution >= 4 is 11.6 Å². The number of hydrogen-bond donors (Lipinski definition) is 1. The summed E-state index contributed by atoms with van der Waals surface area (Å²) >= 11 is 0. The van der Waals surface area contributed by atoms with Gasteiger partial charge in [0.1, 0.15) is 0 Å². The first-order chi connectivity index (χ1) is 9.15. The Morgan fingerprint density at radius 2 is 2.05 bits per heavy atom. The van der Waals surface area contributed by atoms with Gasteiger partial charge in [-0.3, -0.25) is 4.79 Å². The Morgan fingerprint density at radius 1 is 1.32 bits per heavy atom. The summed E-state index contributed by atoms with van der Waals surface area (Å²) in [7, 11) is 0. The topological polar surface area (TPSA) is 38.3 Å². The van der Waals surface area contributed by atoms with E-state index in [4.69, 9.17) is 4.74 Å². The SMILES string of the molecule is CC(C)c1ccc(NC(=O)CC2CCCCO2)cc1. The zero-order valence-corrected chi connectivity index (χ0v) is 11.8. The highest BCUT2D eigenvalue weighted by atomic mass is 16.5. The molecule has 0 aromatic heterocycles. The summed E-state index contributed by atoms with van der Waals surface area (Å²) in [6.45, 7) is 5.11. The molecule has 0 aliphatic carbocycles. The molecule has 0 saturated carbocycles. The van der Waals surface area contributed by atoms with Gasteiger partial charge >= 0.3 is 0 Å². The van der Waals surface area contributed by atoms with E-state index in [9.17, 15) is 4.79 Å². The normalized spacial score (nSPS) is 19.4. The zero-order chi connectivity index (χ0) is 13.7. The van der Waals surface area contributed by atoms with E-state index >= 15 is 0 Å². The quantitative estimate of drug-likeness (QED) is 0.897. The minimum atomic E-state index is 0.0456. The molecule has 1 N–H and O–H groups in total. The van der Waals surface area contributed by atoms with Crippen LogP contribution in [0, 0.1) is 0 Å². The van der Waals surface area contributed by atoms with Crippen LogP contribution in [-0.4, -0.2) is 18.6 Å². The number of carbonyl (C=O) groups is 1. The summed E-state index contributed by atoms with van der Waals surface area (Å²) in [5.41, 5.74) is 2.15. The molecule has 0 radical (unpaired) electrons. The van der Waals surface area contributed by atoms with Gasteiger partial charge in [0.15, 0.2) is 0 Å². The Balaban J connectivity index is 1.84. The van der Waals surface area contributed by atoms with Gasteiger partial charge in [-0.1, -0.05) is 26.0 Å². The number of amides is 1. The van der Waals surface area contributed by atoms with Crippen molar-refractivity contribution in [1.29, 1.82) is 0 Å². The van der Waals surface area contributed by atoms with Crippen LogP contribution in [0.4, 0.5) is 5.69 Å². The van der Waals surface area contributed by atoms with Crippen molar-refractivity contribution in [3.8, 4) is 0 Å². The van der Waals surface area contributed by atoms with Crippen LogP contribution in [-0.2, 0) is 9.53 Å². The number of anilines is 1. The first kappa shape index (κ1) is 14.1. The first-order valence-corrected chi connectivity index (χ1v) is 7.16. The van der Waals surface area contributed by atoms with Crippen LogP contribution in [0.3, 0.4) is 0 Å². The predicted molar refractivity (Wildman–Crippen MR) is 77.4 cm³/mol. The van der Waals surface area contributed by atoms with Gasteiger partial charge in [-0.15, -0.1) is 0 Å². The van der Waals surface area contributed by atoms with E-state index in [2.05, 4.69) is 31.3 Å². The van der Waals surface area contributed by atoms with Crippen molar-refractivity contribution in [2.45, 2.75) is 51.6 Å². The smallest absolute Gasteiger partial charge is 0.226 e. The molecule has 2 rings (SSSR count). The monoisotopic (exact) mass is 261 g/mol. The molecule has 104 valence electrons. The lowest BCUT2D eigenvalue weighted by molar-refractivity contribution is -0.119. The number of ether oxygens (including phenoxy) is 1. The molecule has 0 bridgehead atoms. The summed E-state index contributed by atoms with van der Waals surface area (Å²) in [6.07, 6.45) is 3.85. The molecule has 1 atom stereocenters. The molecule has 1 amide bonds. The minimum absolute atomic E-state index is 0.0456. The van der Waals surface area contributed by atoms with E-state index in [1.54, 1.807) is 0 Å². The summed E-state index contributed by atoms with van der Waals surface area (Å²) in [6, 6.07) is 8.07. The second kappa shape index (κ2) is 6.71. The molecule has 1 aromatic carbocycles. The molecule has 3 nitrogen and oxygen atoms in total. The van der Waals surface area contributed by atoms with Crippen LogP contribution < -0.4 is 5.32 Å². The predicted octanol–water partition coefficient (Wildman–Crippen LogP) is 3.71. The van der Waals surface area contributed by atoms with E-state index in [0.717, 1.165) is 25.1 Å². The molecule has 1 aliphatic heterocycles. The van der Waals surface area contributed by atoms with Gasteiger partial charge in [-0.05, 0) is 42.9 Å². The molecule has 1 fully saturated rings. The van der Waals surface area contributed by atoms with Gasteiger partial charge in [0.05, 0.1) is 12.5 Å². The van der Waals surface area contributed by atoms with Gasteiger partial charge < -0.3 is 10.1 Å². The molecule has 0 spiro atoms. The van der Waals surface area contributed by atoms with Crippen molar-refractivity contribution in [2.75, 3.05) is 11.9 Å². The lowest BCUT2D eigenvalue weighted by Crippen LogP contribution is -2.25. The Labute approximate surface area is 115 Å². The Hall–Kier alpha value is -1.35. The third-order valence-electron chi connectivity index (χ3n) is 3.55. The maximum absolute atomic E-state index is 11.9. The molecular weight excluding hydrogens is 238 g/mol. The van der Waals surface area contributed by atoms with Crippen molar-refractivity contribution in [3.05, 3.63) is 29.8 Å². The lowest BCUT2D eigenvalue weighted by atomic mass is 10.0. The van der Waals surface area contributed by atoms with Crippen LogP contribution in [0.1, 0.15) is 51.0 Å². The van der Waals surface area contributed by atoms with Crippen LogP contribution in [0.2, 0.25) is 0 Å². The molecule has 1 aliphatic rings. The molecule has 1 heterocycles. The molecule has 19 heavy (non-hydrogen) atoms. The Bertz CT molecular complexity index is 405. The second-order valence-corrected chi connectivity index (χ2v) is 5.52.